The molecule has 1 heterocycles. The van der Waals surface area contributed by atoms with E-state index >= 15 is 0 Å². The number of amides is 1. The van der Waals surface area contributed by atoms with Gasteiger partial charge in [-0.05, 0) is 25.5 Å². The van der Waals surface area contributed by atoms with Gasteiger partial charge < -0.3 is 10.0 Å². The van der Waals surface area contributed by atoms with Crippen molar-refractivity contribution >= 4 is 17.7 Å². The van der Waals surface area contributed by atoms with Crippen molar-refractivity contribution in [3.63, 3.8) is 0 Å². The lowest BCUT2D eigenvalue weighted by Crippen LogP contribution is -2.44. The second kappa shape index (κ2) is 4.86. The Hall–Kier alpha value is -0.220. The minimum absolute atomic E-state index is 0.160. The summed E-state index contributed by atoms with van der Waals surface area (Å²) in [7, 11) is 1.78. The van der Waals surface area contributed by atoms with Gasteiger partial charge in [-0.15, -0.1) is 0 Å². The number of hydrogen-bond acceptors (Lipinski definition) is 3. The molecule has 1 fully saturated rings. The number of likely N-dealkylation sites (N-methyl/N-ethyl adjacent to an activating group) is 1. The average molecular weight is 203 g/mol. The molecule has 1 amide bonds. The molecule has 1 saturated heterocycles. The van der Waals surface area contributed by atoms with Crippen LogP contribution in [0, 0.1) is 0 Å². The molecule has 4 heteroatoms. The van der Waals surface area contributed by atoms with E-state index in [9.17, 15) is 4.79 Å². The summed E-state index contributed by atoms with van der Waals surface area (Å²) < 4.78 is 0. The molecule has 0 radical (unpaired) electrons. The molecule has 0 aromatic carbocycles. The van der Waals surface area contributed by atoms with Gasteiger partial charge in [-0.3, -0.25) is 4.79 Å². The van der Waals surface area contributed by atoms with Crippen molar-refractivity contribution < 1.29 is 9.90 Å². The number of carbonyl (C=O) groups is 1. The highest BCUT2D eigenvalue weighted by Gasteiger charge is 2.24. The third-order valence-electron chi connectivity index (χ3n) is 2.39. The number of aliphatic hydroxyl groups is 1. The van der Waals surface area contributed by atoms with E-state index in [1.54, 1.807) is 11.9 Å². The Morgan fingerprint density at radius 1 is 1.69 bits per heavy atom. The minimum Gasteiger partial charge on any atom is -0.384 e. The van der Waals surface area contributed by atoms with Gasteiger partial charge in [-0.2, -0.15) is 11.8 Å². The molecule has 0 saturated carbocycles. The number of hydrogen-bond donors (Lipinski definition) is 1. The first kappa shape index (κ1) is 10.9. The van der Waals surface area contributed by atoms with Gasteiger partial charge in [0, 0.05) is 18.8 Å². The first-order valence-corrected chi connectivity index (χ1v) is 5.81. The van der Waals surface area contributed by atoms with Crippen LogP contribution in [0.3, 0.4) is 0 Å². The molecule has 0 spiro atoms. The van der Waals surface area contributed by atoms with E-state index in [0.29, 0.717) is 6.04 Å². The molecule has 1 aliphatic heterocycles. The summed E-state index contributed by atoms with van der Waals surface area (Å²) >= 11 is 1.88. The summed E-state index contributed by atoms with van der Waals surface area (Å²) in [6.45, 7) is 1.52. The van der Waals surface area contributed by atoms with Crippen molar-refractivity contribution in [2.24, 2.45) is 0 Å². The van der Waals surface area contributed by atoms with Crippen LogP contribution in [0.2, 0.25) is 0 Å². The van der Waals surface area contributed by atoms with Crippen LogP contribution in [0.25, 0.3) is 0 Å². The molecule has 3 nitrogen and oxygen atoms in total. The van der Waals surface area contributed by atoms with Gasteiger partial charge >= 0.3 is 0 Å². The number of carbonyl (C=O) groups excluding carboxylic acids is 1. The van der Waals surface area contributed by atoms with Gasteiger partial charge in [0.15, 0.2) is 0 Å². The normalized spacial score (nSPS) is 25.3. The molecule has 13 heavy (non-hydrogen) atoms. The van der Waals surface area contributed by atoms with Gasteiger partial charge in [0.1, 0.15) is 6.10 Å². The predicted octanol–water partition coefficient (Wildman–Crippen LogP) is 0.721. The number of thioether (sulfide) groups is 1. The van der Waals surface area contributed by atoms with E-state index in [-0.39, 0.29) is 5.91 Å². The highest BCUT2D eigenvalue weighted by atomic mass is 32.2. The number of aliphatic hydroxyl groups excluding tert-OH is 1. The quantitative estimate of drug-likeness (QED) is 0.719. The predicted molar refractivity (Wildman–Crippen MR) is 54.8 cm³/mol. The molecule has 0 aliphatic carbocycles. The molecule has 0 aromatic heterocycles. The Bertz CT molecular complexity index is 178. The number of nitrogens with zero attached hydrogens (tertiary/aromatic N) is 1. The van der Waals surface area contributed by atoms with Crippen molar-refractivity contribution in [3.05, 3.63) is 0 Å². The van der Waals surface area contributed by atoms with Crippen molar-refractivity contribution in [2.45, 2.75) is 31.9 Å². The third kappa shape index (κ3) is 2.88. The van der Waals surface area contributed by atoms with E-state index in [0.717, 1.165) is 12.2 Å². The number of rotatable bonds is 2. The summed E-state index contributed by atoms with van der Waals surface area (Å²) in [4.78, 5) is 13.1. The second-order valence-electron chi connectivity index (χ2n) is 3.50. The lowest BCUT2D eigenvalue weighted by Gasteiger charge is -2.31. The average Bonchev–Trinajstić information content (AvgIpc) is 2.17. The first-order valence-electron chi connectivity index (χ1n) is 4.65. The van der Waals surface area contributed by atoms with Crippen molar-refractivity contribution in [1.29, 1.82) is 0 Å². The van der Waals surface area contributed by atoms with Crippen molar-refractivity contribution in [2.75, 3.05) is 18.6 Å². The van der Waals surface area contributed by atoms with E-state index in [2.05, 4.69) is 0 Å². The van der Waals surface area contributed by atoms with Crippen LogP contribution in [0.4, 0.5) is 0 Å². The Labute approximate surface area is 83.5 Å². The van der Waals surface area contributed by atoms with Crippen LogP contribution >= 0.6 is 11.8 Å². The van der Waals surface area contributed by atoms with Gasteiger partial charge in [0.2, 0.25) is 0 Å². The largest absolute Gasteiger partial charge is 0.384 e. The topological polar surface area (TPSA) is 40.5 Å². The van der Waals surface area contributed by atoms with E-state index in [1.807, 2.05) is 11.8 Å². The molecule has 1 unspecified atom stereocenters. The fourth-order valence-corrected chi connectivity index (χ4v) is 2.70. The zero-order valence-corrected chi connectivity index (χ0v) is 9.01. The molecular formula is C9H17NO2S. The smallest absolute Gasteiger partial charge is 0.251 e. The fraction of sp³-hybridized carbons (Fsp3) is 0.889. The molecular weight excluding hydrogens is 186 g/mol. The van der Waals surface area contributed by atoms with Crippen LogP contribution in [-0.4, -0.2) is 46.6 Å². The fourth-order valence-electron chi connectivity index (χ4n) is 1.50. The zero-order valence-electron chi connectivity index (χ0n) is 8.19. The summed E-state index contributed by atoms with van der Waals surface area (Å²) in [5.74, 6) is 2.05. The molecule has 0 aromatic rings. The lowest BCUT2D eigenvalue weighted by atomic mass is 10.1. The highest BCUT2D eigenvalue weighted by molar-refractivity contribution is 7.99. The SMILES string of the molecule is C[C@@H](O)C(=O)N(C)C1CCCSC1. The molecule has 2 atom stereocenters. The van der Waals surface area contributed by atoms with Gasteiger partial charge in [-0.1, -0.05) is 0 Å². The Morgan fingerprint density at radius 3 is 2.85 bits per heavy atom. The molecule has 76 valence electrons. The Balaban J connectivity index is 2.45. The van der Waals surface area contributed by atoms with Crippen LogP contribution < -0.4 is 0 Å². The first-order chi connectivity index (χ1) is 6.13. The standard InChI is InChI=1S/C9H17NO2S/c1-7(11)9(12)10(2)8-4-3-5-13-6-8/h7-8,11H,3-6H2,1-2H3/t7-,8?/m1/s1. The van der Waals surface area contributed by atoms with E-state index in [1.165, 1.54) is 19.1 Å². The summed E-state index contributed by atoms with van der Waals surface area (Å²) in [6, 6.07) is 0.320. The Kier molecular flexibility index (Phi) is 4.06. The molecule has 1 aliphatic rings. The van der Waals surface area contributed by atoms with Gasteiger partial charge in [-0.25, -0.2) is 0 Å². The lowest BCUT2D eigenvalue weighted by molar-refractivity contribution is -0.139. The van der Waals surface area contributed by atoms with Gasteiger partial charge in [0.05, 0.1) is 0 Å². The van der Waals surface area contributed by atoms with Crippen LogP contribution in [0.1, 0.15) is 19.8 Å². The maximum Gasteiger partial charge on any atom is 0.251 e. The summed E-state index contributed by atoms with van der Waals surface area (Å²) in [5.41, 5.74) is 0. The molecule has 1 rings (SSSR count). The zero-order chi connectivity index (χ0) is 9.84. The molecule has 0 bridgehead atoms. The van der Waals surface area contributed by atoms with Crippen LogP contribution in [0.5, 0.6) is 0 Å². The highest BCUT2D eigenvalue weighted by Crippen LogP contribution is 2.21. The van der Waals surface area contributed by atoms with E-state index < -0.39 is 6.10 Å². The monoisotopic (exact) mass is 203 g/mol. The molecule has 1 N–H and O–H groups in total. The van der Waals surface area contributed by atoms with E-state index in [4.69, 9.17) is 5.11 Å². The van der Waals surface area contributed by atoms with Crippen LogP contribution in [0.15, 0.2) is 0 Å². The van der Waals surface area contributed by atoms with Crippen molar-refractivity contribution in [3.8, 4) is 0 Å². The third-order valence-corrected chi connectivity index (χ3v) is 3.59. The van der Waals surface area contributed by atoms with Crippen LogP contribution in [-0.2, 0) is 4.79 Å². The summed E-state index contributed by atoms with van der Waals surface area (Å²) in [5, 5.41) is 9.12. The maximum atomic E-state index is 11.4. The Morgan fingerprint density at radius 2 is 2.38 bits per heavy atom. The van der Waals surface area contributed by atoms with Crippen molar-refractivity contribution in [1.82, 2.24) is 4.90 Å². The second-order valence-corrected chi connectivity index (χ2v) is 4.65. The summed E-state index contributed by atoms with van der Waals surface area (Å²) in [6.07, 6.45) is 1.38. The maximum absolute atomic E-state index is 11.4. The minimum atomic E-state index is -0.864. The van der Waals surface area contributed by atoms with Gasteiger partial charge in [0.25, 0.3) is 5.91 Å².